The van der Waals surface area contributed by atoms with Gasteiger partial charge in [0, 0.05) is 29.6 Å². The van der Waals surface area contributed by atoms with Gasteiger partial charge in [0.2, 0.25) is 0 Å². The van der Waals surface area contributed by atoms with Crippen molar-refractivity contribution < 1.29 is 0 Å². The summed E-state index contributed by atoms with van der Waals surface area (Å²) in [6.45, 7) is 2.72. The summed E-state index contributed by atoms with van der Waals surface area (Å²) in [5, 5.41) is 1.26. The number of aromatic nitrogens is 1. The molecule has 1 aromatic heterocycles. The van der Waals surface area contributed by atoms with Gasteiger partial charge in [-0.3, -0.25) is 0 Å². The minimum Gasteiger partial charge on any atom is -0.361 e. The van der Waals surface area contributed by atoms with Gasteiger partial charge in [0.25, 0.3) is 0 Å². The predicted molar refractivity (Wildman–Crippen MR) is 80.4 cm³/mol. The first-order chi connectivity index (χ1) is 9.29. The summed E-state index contributed by atoms with van der Waals surface area (Å²) < 4.78 is 0. The van der Waals surface area contributed by atoms with Gasteiger partial charge in [-0.25, -0.2) is 0 Å². The van der Waals surface area contributed by atoms with Crippen molar-refractivity contribution in [3.8, 4) is 0 Å². The van der Waals surface area contributed by atoms with Gasteiger partial charge in [0.05, 0.1) is 0 Å². The molecule has 0 fully saturated rings. The molecule has 3 rings (SSSR count). The number of rotatable bonds is 3. The molecule has 0 saturated carbocycles. The molecule has 0 saturated heterocycles. The molecule has 2 aromatic carbocycles. The average Bonchev–Trinajstić information content (AvgIpc) is 2.86. The molecule has 19 heavy (non-hydrogen) atoms. The first kappa shape index (κ1) is 12.0. The van der Waals surface area contributed by atoms with E-state index in [9.17, 15) is 0 Å². The maximum Gasteiger partial charge on any atom is 0.0457 e. The Labute approximate surface area is 113 Å². The molecule has 0 radical (unpaired) electrons. The standard InChI is InChI=1S/C17H18N2/c1-12-6-8-13(9-7-12)15(10-18)16-11-19-17-5-3-2-4-14(16)17/h2-9,11,15,19H,10,18H2,1H3. The van der Waals surface area contributed by atoms with E-state index in [1.165, 1.54) is 27.6 Å². The van der Waals surface area contributed by atoms with Gasteiger partial charge in [-0.2, -0.15) is 0 Å². The number of aryl methyl sites for hydroxylation is 1. The molecule has 1 heterocycles. The number of para-hydroxylation sites is 1. The molecular weight excluding hydrogens is 232 g/mol. The molecule has 0 aliphatic carbocycles. The highest BCUT2D eigenvalue weighted by Gasteiger charge is 2.16. The number of benzene rings is 2. The molecule has 0 aliphatic heterocycles. The Hall–Kier alpha value is -2.06. The van der Waals surface area contributed by atoms with E-state index in [4.69, 9.17) is 5.73 Å². The van der Waals surface area contributed by atoms with Crippen molar-refractivity contribution in [3.63, 3.8) is 0 Å². The second-order valence-corrected chi connectivity index (χ2v) is 4.99. The molecule has 0 aliphatic rings. The van der Waals surface area contributed by atoms with Crippen LogP contribution in [0.3, 0.4) is 0 Å². The molecule has 96 valence electrons. The van der Waals surface area contributed by atoms with Gasteiger partial charge in [-0.1, -0.05) is 48.0 Å². The molecule has 0 spiro atoms. The van der Waals surface area contributed by atoms with E-state index in [-0.39, 0.29) is 5.92 Å². The van der Waals surface area contributed by atoms with Crippen molar-refractivity contribution in [2.24, 2.45) is 5.73 Å². The van der Waals surface area contributed by atoms with E-state index in [1.54, 1.807) is 0 Å². The van der Waals surface area contributed by atoms with E-state index < -0.39 is 0 Å². The van der Waals surface area contributed by atoms with Crippen LogP contribution >= 0.6 is 0 Å². The Morgan fingerprint density at radius 2 is 1.79 bits per heavy atom. The lowest BCUT2D eigenvalue weighted by atomic mass is 9.91. The van der Waals surface area contributed by atoms with Crippen LogP contribution in [0.25, 0.3) is 10.9 Å². The van der Waals surface area contributed by atoms with E-state index in [2.05, 4.69) is 60.6 Å². The van der Waals surface area contributed by atoms with Crippen LogP contribution in [-0.4, -0.2) is 11.5 Å². The van der Waals surface area contributed by atoms with Crippen LogP contribution in [0.4, 0.5) is 0 Å². The van der Waals surface area contributed by atoms with Crippen molar-refractivity contribution >= 4 is 10.9 Å². The van der Waals surface area contributed by atoms with Crippen molar-refractivity contribution in [2.45, 2.75) is 12.8 Å². The molecule has 3 aromatic rings. The van der Waals surface area contributed by atoms with Crippen molar-refractivity contribution in [1.82, 2.24) is 4.98 Å². The summed E-state index contributed by atoms with van der Waals surface area (Å²) in [6.07, 6.45) is 2.09. The maximum absolute atomic E-state index is 6.01. The third-order valence-corrected chi connectivity index (χ3v) is 3.71. The summed E-state index contributed by atoms with van der Waals surface area (Å²) in [5.74, 6) is 0.247. The third kappa shape index (κ3) is 2.15. The second-order valence-electron chi connectivity index (χ2n) is 4.99. The Bertz CT molecular complexity index is 680. The zero-order chi connectivity index (χ0) is 13.2. The van der Waals surface area contributed by atoms with E-state index in [0.29, 0.717) is 6.54 Å². The number of nitrogens with one attached hydrogen (secondary N) is 1. The van der Waals surface area contributed by atoms with Crippen molar-refractivity contribution in [1.29, 1.82) is 0 Å². The van der Waals surface area contributed by atoms with Gasteiger partial charge in [-0.15, -0.1) is 0 Å². The monoisotopic (exact) mass is 250 g/mol. The number of nitrogens with two attached hydrogens (primary N) is 1. The lowest BCUT2D eigenvalue weighted by molar-refractivity contribution is 0.825. The van der Waals surface area contributed by atoms with Gasteiger partial charge in [0.1, 0.15) is 0 Å². The summed E-state index contributed by atoms with van der Waals surface area (Å²) >= 11 is 0. The lowest BCUT2D eigenvalue weighted by Crippen LogP contribution is -2.13. The van der Waals surface area contributed by atoms with Gasteiger partial charge in [-0.05, 0) is 24.1 Å². The predicted octanol–water partition coefficient (Wildman–Crippen LogP) is 3.57. The highest BCUT2D eigenvalue weighted by molar-refractivity contribution is 5.84. The number of fused-ring (bicyclic) bond motifs is 1. The number of hydrogen-bond donors (Lipinski definition) is 2. The fourth-order valence-electron chi connectivity index (χ4n) is 2.62. The Morgan fingerprint density at radius 1 is 1.05 bits per heavy atom. The number of hydrogen-bond acceptors (Lipinski definition) is 1. The highest BCUT2D eigenvalue weighted by Crippen LogP contribution is 2.30. The maximum atomic E-state index is 6.01. The molecule has 1 unspecified atom stereocenters. The zero-order valence-electron chi connectivity index (χ0n) is 11.1. The molecule has 2 heteroatoms. The normalized spacial score (nSPS) is 12.7. The number of H-pyrrole nitrogens is 1. The fourth-order valence-corrected chi connectivity index (χ4v) is 2.62. The van der Waals surface area contributed by atoms with Crippen LogP contribution < -0.4 is 5.73 Å². The molecule has 3 N–H and O–H groups in total. The summed E-state index contributed by atoms with van der Waals surface area (Å²) in [4.78, 5) is 3.33. The van der Waals surface area contributed by atoms with Crippen molar-refractivity contribution in [3.05, 3.63) is 71.4 Å². The third-order valence-electron chi connectivity index (χ3n) is 3.71. The Morgan fingerprint density at radius 3 is 2.53 bits per heavy atom. The number of aromatic amines is 1. The summed E-state index contributed by atoms with van der Waals surface area (Å²) in [6, 6.07) is 17.0. The van der Waals surface area contributed by atoms with E-state index in [0.717, 1.165) is 0 Å². The van der Waals surface area contributed by atoms with Gasteiger partial charge >= 0.3 is 0 Å². The van der Waals surface area contributed by atoms with Crippen molar-refractivity contribution in [2.75, 3.05) is 6.54 Å². The van der Waals surface area contributed by atoms with Crippen LogP contribution in [-0.2, 0) is 0 Å². The quantitative estimate of drug-likeness (QED) is 0.733. The van der Waals surface area contributed by atoms with Crippen LogP contribution in [0.5, 0.6) is 0 Å². The zero-order valence-corrected chi connectivity index (χ0v) is 11.1. The largest absolute Gasteiger partial charge is 0.361 e. The average molecular weight is 250 g/mol. The van der Waals surface area contributed by atoms with E-state index >= 15 is 0 Å². The van der Waals surface area contributed by atoms with Crippen LogP contribution in [0.1, 0.15) is 22.6 Å². The second kappa shape index (κ2) is 4.90. The SMILES string of the molecule is Cc1ccc(C(CN)c2c[nH]c3ccccc23)cc1. The summed E-state index contributed by atoms with van der Waals surface area (Å²) in [7, 11) is 0. The molecule has 1 atom stereocenters. The van der Waals surface area contributed by atoms with Gasteiger partial charge < -0.3 is 10.7 Å². The van der Waals surface area contributed by atoms with Crippen LogP contribution in [0, 0.1) is 6.92 Å². The lowest BCUT2D eigenvalue weighted by Gasteiger charge is -2.15. The summed E-state index contributed by atoms with van der Waals surface area (Å²) in [5.41, 5.74) is 11.0. The van der Waals surface area contributed by atoms with Crippen LogP contribution in [0.2, 0.25) is 0 Å². The first-order valence-corrected chi connectivity index (χ1v) is 6.62. The molecule has 2 nitrogen and oxygen atoms in total. The van der Waals surface area contributed by atoms with E-state index in [1.807, 2.05) is 6.07 Å². The first-order valence-electron chi connectivity index (χ1n) is 6.62. The topological polar surface area (TPSA) is 41.8 Å². The molecule has 0 bridgehead atoms. The molecular formula is C17H18N2. The Balaban J connectivity index is 2.09. The van der Waals surface area contributed by atoms with Gasteiger partial charge in [0.15, 0.2) is 0 Å². The van der Waals surface area contributed by atoms with Crippen LogP contribution in [0.15, 0.2) is 54.7 Å². The Kier molecular flexibility index (Phi) is 3.10. The minimum absolute atomic E-state index is 0.247. The minimum atomic E-state index is 0.247. The highest BCUT2D eigenvalue weighted by atomic mass is 14.7. The smallest absolute Gasteiger partial charge is 0.0457 e. The fraction of sp³-hybridized carbons (Fsp3) is 0.176. The molecule has 0 amide bonds.